The highest BCUT2D eigenvalue weighted by Gasteiger charge is 2.05. The number of hydrogen-bond acceptors (Lipinski definition) is 4. The van der Waals surface area contributed by atoms with Crippen LogP contribution < -0.4 is 5.32 Å². The third kappa shape index (κ3) is 4.55. The first kappa shape index (κ1) is 16.0. The molecule has 2 aromatic rings. The fourth-order valence-electron chi connectivity index (χ4n) is 2.39. The Bertz CT molecular complexity index is 569. The van der Waals surface area contributed by atoms with E-state index in [0.29, 0.717) is 5.28 Å². The van der Waals surface area contributed by atoms with Crippen LogP contribution in [0.15, 0.2) is 24.3 Å². The molecule has 2 rings (SSSR count). The molecule has 1 N–H and O–H groups in total. The molecule has 5 heteroatoms. The summed E-state index contributed by atoms with van der Waals surface area (Å²) in [5.41, 5.74) is 0.878. The fourth-order valence-corrected chi connectivity index (χ4v) is 2.57. The number of benzene rings is 1. The molecule has 1 heterocycles. The van der Waals surface area contributed by atoms with Crippen LogP contribution in [0.2, 0.25) is 5.28 Å². The van der Waals surface area contributed by atoms with Crippen LogP contribution in [0.4, 0.5) is 5.82 Å². The molecule has 0 bridgehead atoms. The monoisotopic (exact) mass is 306 g/mol. The van der Waals surface area contributed by atoms with Crippen LogP contribution in [0.5, 0.6) is 0 Å². The summed E-state index contributed by atoms with van der Waals surface area (Å²) in [4.78, 5) is 11.0. The second-order valence-corrected chi connectivity index (χ2v) is 5.36. The largest absolute Gasteiger partial charge is 0.369 e. The van der Waals surface area contributed by atoms with Gasteiger partial charge in [-0.1, -0.05) is 26.0 Å². The molecule has 0 radical (unpaired) electrons. The van der Waals surface area contributed by atoms with Gasteiger partial charge in [-0.3, -0.25) is 0 Å². The summed E-state index contributed by atoms with van der Waals surface area (Å²) in [5, 5.41) is 4.69. The summed E-state index contributed by atoms with van der Waals surface area (Å²) in [7, 11) is 0. The van der Waals surface area contributed by atoms with Gasteiger partial charge in [0.25, 0.3) is 0 Å². The topological polar surface area (TPSA) is 41.0 Å². The SMILES string of the molecule is CCN(CC)CCCCNc1nc(Cl)nc2ccccc12. The third-order valence-electron chi connectivity index (χ3n) is 3.66. The lowest BCUT2D eigenvalue weighted by molar-refractivity contribution is 0.298. The van der Waals surface area contributed by atoms with E-state index < -0.39 is 0 Å². The van der Waals surface area contributed by atoms with Crippen molar-refractivity contribution < 1.29 is 0 Å². The molecule has 0 aliphatic rings. The van der Waals surface area contributed by atoms with E-state index in [1.54, 1.807) is 0 Å². The summed E-state index contributed by atoms with van der Waals surface area (Å²) in [6, 6.07) is 7.92. The molecule has 1 aromatic heterocycles. The molecular weight excluding hydrogens is 284 g/mol. The molecule has 0 spiro atoms. The van der Waals surface area contributed by atoms with Crippen molar-refractivity contribution in [1.82, 2.24) is 14.9 Å². The predicted molar refractivity (Wildman–Crippen MR) is 90.1 cm³/mol. The zero-order valence-corrected chi connectivity index (χ0v) is 13.5. The normalized spacial score (nSPS) is 11.2. The fraction of sp³-hybridized carbons (Fsp3) is 0.500. The highest BCUT2D eigenvalue weighted by molar-refractivity contribution is 6.28. The molecule has 1 aromatic carbocycles. The van der Waals surface area contributed by atoms with E-state index in [0.717, 1.165) is 49.3 Å². The van der Waals surface area contributed by atoms with Gasteiger partial charge < -0.3 is 10.2 Å². The van der Waals surface area contributed by atoms with Crippen LogP contribution in [0, 0.1) is 0 Å². The summed E-state index contributed by atoms with van der Waals surface area (Å²) in [6.07, 6.45) is 2.30. The van der Waals surface area contributed by atoms with Crippen molar-refractivity contribution in [3.05, 3.63) is 29.5 Å². The van der Waals surface area contributed by atoms with Gasteiger partial charge in [-0.2, -0.15) is 0 Å². The summed E-state index contributed by atoms with van der Waals surface area (Å²) >= 11 is 5.97. The van der Waals surface area contributed by atoms with Gasteiger partial charge in [-0.05, 0) is 56.2 Å². The Kier molecular flexibility index (Phi) is 6.21. The lowest BCUT2D eigenvalue weighted by Crippen LogP contribution is -2.24. The number of nitrogens with zero attached hydrogens (tertiary/aromatic N) is 3. The Morgan fingerprint density at radius 3 is 2.62 bits per heavy atom. The van der Waals surface area contributed by atoms with Crippen molar-refractivity contribution in [3.8, 4) is 0 Å². The molecule has 0 fully saturated rings. The second kappa shape index (κ2) is 8.15. The van der Waals surface area contributed by atoms with E-state index >= 15 is 0 Å². The smallest absolute Gasteiger partial charge is 0.224 e. The van der Waals surface area contributed by atoms with Crippen LogP contribution in [0.1, 0.15) is 26.7 Å². The van der Waals surface area contributed by atoms with Gasteiger partial charge in [-0.15, -0.1) is 0 Å². The average molecular weight is 307 g/mol. The number of halogens is 1. The van der Waals surface area contributed by atoms with E-state index in [9.17, 15) is 0 Å². The molecule has 4 nitrogen and oxygen atoms in total. The Morgan fingerprint density at radius 2 is 1.86 bits per heavy atom. The maximum Gasteiger partial charge on any atom is 0.224 e. The molecule has 0 atom stereocenters. The zero-order valence-electron chi connectivity index (χ0n) is 12.8. The second-order valence-electron chi connectivity index (χ2n) is 5.02. The molecule has 0 aliphatic carbocycles. The number of rotatable bonds is 8. The maximum atomic E-state index is 5.97. The minimum absolute atomic E-state index is 0.291. The third-order valence-corrected chi connectivity index (χ3v) is 3.83. The van der Waals surface area contributed by atoms with Gasteiger partial charge in [0.1, 0.15) is 5.82 Å². The average Bonchev–Trinajstić information content (AvgIpc) is 2.50. The van der Waals surface area contributed by atoms with Crippen LogP contribution in [-0.4, -0.2) is 41.0 Å². The predicted octanol–water partition coefficient (Wildman–Crippen LogP) is 3.82. The Balaban J connectivity index is 1.89. The van der Waals surface area contributed by atoms with Gasteiger partial charge >= 0.3 is 0 Å². The first-order valence-electron chi connectivity index (χ1n) is 7.63. The molecule has 0 aliphatic heterocycles. The Hall–Kier alpha value is -1.39. The number of anilines is 1. The first-order chi connectivity index (χ1) is 10.2. The van der Waals surface area contributed by atoms with Gasteiger partial charge in [0, 0.05) is 11.9 Å². The number of fused-ring (bicyclic) bond motifs is 1. The van der Waals surface area contributed by atoms with Crippen molar-refractivity contribution in [3.63, 3.8) is 0 Å². The summed E-state index contributed by atoms with van der Waals surface area (Å²) in [5.74, 6) is 0.827. The first-order valence-corrected chi connectivity index (χ1v) is 8.01. The van der Waals surface area contributed by atoms with Crippen molar-refractivity contribution in [2.45, 2.75) is 26.7 Å². The molecule has 0 saturated heterocycles. The van der Waals surface area contributed by atoms with Gasteiger partial charge in [-0.25, -0.2) is 9.97 Å². The number of nitrogens with one attached hydrogen (secondary N) is 1. The van der Waals surface area contributed by atoms with Crippen molar-refractivity contribution in [2.75, 3.05) is 31.5 Å². The van der Waals surface area contributed by atoms with Crippen LogP contribution in [-0.2, 0) is 0 Å². The minimum atomic E-state index is 0.291. The molecule has 114 valence electrons. The zero-order chi connectivity index (χ0) is 15.1. The van der Waals surface area contributed by atoms with E-state index in [1.807, 2.05) is 24.3 Å². The van der Waals surface area contributed by atoms with Crippen molar-refractivity contribution in [2.24, 2.45) is 0 Å². The van der Waals surface area contributed by atoms with Gasteiger partial charge in [0.05, 0.1) is 5.52 Å². The standard InChI is InChI=1S/C16H23ClN4/c1-3-21(4-2)12-8-7-11-18-15-13-9-5-6-10-14(13)19-16(17)20-15/h5-6,9-10H,3-4,7-8,11-12H2,1-2H3,(H,18,19,20). The lowest BCUT2D eigenvalue weighted by Gasteiger charge is -2.17. The number of para-hydroxylation sites is 1. The molecule has 0 saturated carbocycles. The molecule has 0 unspecified atom stereocenters. The van der Waals surface area contributed by atoms with Crippen LogP contribution >= 0.6 is 11.6 Å². The van der Waals surface area contributed by atoms with Gasteiger partial charge in [0.2, 0.25) is 5.28 Å². The van der Waals surface area contributed by atoms with Gasteiger partial charge in [0.15, 0.2) is 0 Å². The molecule has 0 amide bonds. The van der Waals surface area contributed by atoms with E-state index in [-0.39, 0.29) is 0 Å². The summed E-state index contributed by atoms with van der Waals surface area (Å²) in [6.45, 7) is 8.71. The van der Waals surface area contributed by atoms with E-state index in [2.05, 4.69) is 34.0 Å². The molecular formula is C16H23ClN4. The Morgan fingerprint density at radius 1 is 1.10 bits per heavy atom. The number of hydrogen-bond donors (Lipinski definition) is 1. The van der Waals surface area contributed by atoms with Crippen molar-refractivity contribution in [1.29, 1.82) is 0 Å². The number of unbranched alkanes of at least 4 members (excludes halogenated alkanes) is 1. The van der Waals surface area contributed by atoms with Crippen molar-refractivity contribution >= 4 is 28.3 Å². The van der Waals surface area contributed by atoms with E-state index in [4.69, 9.17) is 11.6 Å². The summed E-state index contributed by atoms with van der Waals surface area (Å²) < 4.78 is 0. The minimum Gasteiger partial charge on any atom is -0.369 e. The quantitative estimate of drug-likeness (QED) is 0.594. The molecule has 21 heavy (non-hydrogen) atoms. The number of aromatic nitrogens is 2. The lowest BCUT2D eigenvalue weighted by atomic mass is 10.2. The Labute approximate surface area is 131 Å². The highest BCUT2D eigenvalue weighted by Crippen LogP contribution is 2.21. The maximum absolute atomic E-state index is 5.97. The van der Waals surface area contributed by atoms with Crippen LogP contribution in [0.3, 0.4) is 0 Å². The highest BCUT2D eigenvalue weighted by atomic mass is 35.5. The van der Waals surface area contributed by atoms with E-state index in [1.165, 1.54) is 6.42 Å². The van der Waals surface area contributed by atoms with Crippen LogP contribution in [0.25, 0.3) is 10.9 Å².